The van der Waals surface area contributed by atoms with Gasteiger partial charge in [0.05, 0.1) is 0 Å². The van der Waals surface area contributed by atoms with Crippen LogP contribution in [0.3, 0.4) is 0 Å². The molecule has 47 heavy (non-hydrogen) atoms. The second-order valence-corrected chi connectivity index (χ2v) is 13.6. The quantitative estimate of drug-likeness (QED) is 0.138. The molecule has 0 amide bonds. The highest BCUT2D eigenvalue weighted by molar-refractivity contribution is 6.23. The third kappa shape index (κ3) is 3.64. The van der Waals surface area contributed by atoms with Gasteiger partial charge in [0.2, 0.25) is 0 Å². The Morgan fingerprint density at radius 1 is 0.340 bits per heavy atom. The van der Waals surface area contributed by atoms with Crippen molar-refractivity contribution < 1.29 is 0 Å². The highest BCUT2D eigenvalue weighted by Crippen LogP contribution is 2.56. The smallest absolute Gasteiger partial charge is 0.0165 e. The molecule has 0 atom stereocenters. The first kappa shape index (κ1) is 26.5. The number of rotatable bonds is 2. The lowest BCUT2D eigenvalue weighted by Gasteiger charge is -2.23. The largest absolute Gasteiger partial charge is 0.0616 e. The van der Waals surface area contributed by atoms with Crippen LogP contribution in [0.1, 0.15) is 25.0 Å². The van der Waals surface area contributed by atoms with Crippen LogP contribution < -0.4 is 0 Å². The minimum Gasteiger partial charge on any atom is -0.0616 e. The Morgan fingerprint density at radius 3 is 1.53 bits per heavy atom. The molecular formula is C47H32. The molecule has 0 heterocycles. The van der Waals surface area contributed by atoms with Gasteiger partial charge in [0.15, 0.2) is 0 Å². The summed E-state index contributed by atoms with van der Waals surface area (Å²) < 4.78 is 0. The standard InChI is InChI=1S/C47H32/c1-47(2)42-21-11-20-39(45(42)40-27-26-30-13-4-6-15-34(30)46(40)47)44-37-18-9-7-16-35(37)43(36-17-8-10-19-38(36)44)32-25-24-31-23-22-29-12-3-5-14-33(29)41(31)28-32/h3-28H,1-2H3. The fraction of sp³-hybridized carbons (Fsp3) is 0.0638. The predicted octanol–water partition coefficient (Wildman–Crippen LogP) is 13.1. The van der Waals surface area contributed by atoms with Gasteiger partial charge in [-0.2, -0.15) is 0 Å². The first-order chi connectivity index (χ1) is 23.1. The van der Waals surface area contributed by atoms with E-state index in [1.54, 1.807) is 0 Å². The summed E-state index contributed by atoms with van der Waals surface area (Å²) in [6.07, 6.45) is 0. The van der Waals surface area contributed by atoms with E-state index in [4.69, 9.17) is 0 Å². The molecule has 9 aromatic rings. The van der Waals surface area contributed by atoms with Crippen LogP contribution in [0.2, 0.25) is 0 Å². The summed E-state index contributed by atoms with van der Waals surface area (Å²) in [7, 11) is 0. The summed E-state index contributed by atoms with van der Waals surface area (Å²) >= 11 is 0. The van der Waals surface area contributed by atoms with Crippen LogP contribution in [-0.4, -0.2) is 0 Å². The molecule has 1 aliphatic rings. The van der Waals surface area contributed by atoms with E-state index in [1.165, 1.54) is 98.4 Å². The average Bonchev–Trinajstić information content (AvgIpc) is 3.37. The van der Waals surface area contributed by atoms with Gasteiger partial charge in [-0.05, 0) is 104 Å². The second-order valence-electron chi connectivity index (χ2n) is 13.6. The fourth-order valence-corrected chi connectivity index (χ4v) is 8.75. The summed E-state index contributed by atoms with van der Waals surface area (Å²) in [5.41, 5.74) is 10.6. The van der Waals surface area contributed by atoms with Crippen LogP contribution >= 0.6 is 0 Å². The summed E-state index contributed by atoms with van der Waals surface area (Å²) in [5.74, 6) is 0. The van der Waals surface area contributed by atoms with Gasteiger partial charge in [0.1, 0.15) is 0 Å². The van der Waals surface area contributed by atoms with Crippen LogP contribution in [0, 0.1) is 0 Å². The molecule has 0 fully saturated rings. The van der Waals surface area contributed by atoms with E-state index in [1.807, 2.05) is 0 Å². The Bertz CT molecular complexity index is 2700. The van der Waals surface area contributed by atoms with Crippen molar-refractivity contribution in [1.82, 2.24) is 0 Å². The van der Waals surface area contributed by atoms with Gasteiger partial charge in [-0.1, -0.05) is 166 Å². The molecule has 0 unspecified atom stereocenters. The molecule has 1 aliphatic carbocycles. The predicted molar refractivity (Wildman–Crippen MR) is 202 cm³/mol. The number of benzene rings is 9. The van der Waals surface area contributed by atoms with Crippen molar-refractivity contribution in [3.05, 3.63) is 169 Å². The van der Waals surface area contributed by atoms with Crippen molar-refractivity contribution in [3.8, 4) is 33.4 Å². The molecule has 0 aliphatic heterocycles. The van der Waals surface area contributed by atoms with Gasteiger partial charge in [-0.25, -0.2) is 0 Å². The number of fused-ring (bicyclic) bond motifs is 10. The van der Waals surface area contributed by atoms with E-state index in [9.17, 15) is 0 Å². The summed E-state index contributed by atoms with van der Waals surface area (Å²) in [6.45, 7) is 4.80. The zero-order chi connectivity index (χ0) is 31.3. The molecule has 0 bridgehead atoms. The Morgan fingerprint density at radius 2 is 0.851 bits per heavy atom. The van der Waals surface area contributed by atoms with Gasteiger partial charge in [0.25, 0.3) is 0 Å². The maximum Gasteiger partial charge on any atom is 0.0165 e. The Labute approximate surface area is 274 Å². The van der Waals surface area contributed by atoms with Crippen molar-refractivity contribution in [1.29, 1.82) is 0 Å². The van der Waals surface area contributed by atoms with E-state index >= 15 is 0 Å². The Kier molecular flexibility index (Phi) is 5.44. The Balaban J connectivity index is 1.31. The molecule has 0 radical (unpaired) electrons. The maximum atomic E-state index is 2.41. The second kappa shape index (κ2) is 9.64. The van der Waals surface area contributed by atoms with Crippen LogP contribution in [0.5, 0.6) is 0 Å². The maximum absolute atomic E-state index is 2.41. The fourth-order valence-electron chi connectivity index (χ4n) is 8.75. The van der Waals surface area contributed by atoms with Crippen LogP contribution in [0.25, 0.3) is 87.2 Å². The van der Waals surface area contributed by atoms with E-state index in [0.717, 1.165) is 0 Å². The summed E-state index contributed by atoms with van der Waals surface area (Å²) in [6, 6.07) is 58.9. The zero-order valence-corrected chi connectivity index (χ0v) is 26.5. The molecule has 0 nitrogen and oxygen atoms in total. The molecule has 10 rings (SSSR count). The zero-order valence-electron chi connectivity index (χ0n) is 26.5. The van der Waals surface area contributed by atoms with Crippen molar-refractivity contribution in [2.45, 2.75) is 19.3 Å². The van der Waals surface area contributed by atoms with Crippen molar-refractivity contribution >= 4 is 53.9 Å². The molecule has 9 aromatic carbocycles. The number of hydrogen-bond donors (Lipinski definition) is 0. The van der Waals surface area contributed by atoms with Crippen LogP contribution in [-0.2, 0) is 5.41 Å². The van der Waals surface area contributed by atoms with Gasteiger partial charge in [0, 0.05) is 5.41 Å². The molecule has 0 spiro atoms. The third-order valence-electron chi connectivity index (χ3n) is 10.8. The number of hydrogen-bond acceptors (Lipinski definition) is 0. The van der Waals surface area contributed by atoms with Gasteiger partial charge < -0.3 is 0 Å². The highest BCUT2D eigenvalue weighted by atomic mass is 14.4. The van der Waals surface area contributed by atoms with Gasteiger partial charge in [-0.3, -0.25) is 0 Å². The van der Waals surface area contributed by atoms with E-state index < -0.39 is 0 Å². The monoisotopic (exact) mass is 596 g/mol. The highest BCUT2D eigenvalue weighted by Gasteiger charge is 2.38. The van der Waals surface area contributed by atoms with Crippen molar-refractivity contribution in [3.63, 3.8) is 0 Å². The SMILES string of the molecule is CC1(C)c2cccc(-c3c4ccccc4c(-c4ccc5ccc6ccccc6c5c4)c4ccccc34)c2-c2ccc3ccccc3c21. The van der Waals surface area contributed by atoms with Crippen molar-refractivity contribution in [2.75, 3.05) is 0 Å². The lowest BCUT2D eigenvalue weighted by atomic mass is 9.79. The van der Waals surface area contributed by atoms with Crippen LogP contribution in [0.15, 0.2) is 158 Å². The molecule has 0 aromatic heterocycles. The molecule has 0 N–H and O–H groups in total. The molecule has 0 saturated carbocycles. The van der Waals surface area contributed by atoms with E-state index in [2.05, 4.69) is 172 Å². The van der Waals surface area contributed by atoms with E-state index in [-0.39, 0.29) is 5.41 Å². The van der Waals surface area contributed by atoms with Crippen LogP contribution in [0.4, 0.5) is 0 Å². The summed E-state index contributed by atoms with van der Waals surface area (Å²) in [4.78, 5) is 0. The van der Waals surface area contributed by atoms with E-state index in [0.29, 0.717) is 0 Å². The topological polar surface area (TPSA) is 0 Å². The van der Waals surface area contributed by atoms with Crippen molar-refractivity contribution in [2.24, 2.45) is 0 Å². The first-order valence-electron chi connectivity index (χ1n) is 16.6. The molecule has 0 saturated heterocycles. The lowest BCUT2D eigenvalue weighted by Crippen LogP contribution is -2.15. The third-order valence-corrected chi connectivity index (χ3v) is 10.8. The minimum atomic E-state index is -0.110. The van der Waals surface area contributed by atoms with Gasteiger partial charge in [-0.15, -0.1) is 0 Å². The average molecular weight is 597 g/mol. The Hall–Kier alpha value is -5.72. The molecule has 0 heteroatoms. The minimum absolute atomic E-state index is 0.110. The summed E-state index contributed by atoms with van der Waals surface area (Å²) in [5, 5.41) is 12.9. The van der Waals surface area contributed by atoms with Gasteiger partial charge >= 0.3 is 0 Å². The molecule has 220 valence electrons. The molecular weight excluding hydrogens is 565 g/mol. The normalized spacial score (nSPS) is 13.5. The lowest BCUT2D eigenvalue weighted by molar-refractivity contribution is 0.666. The first-order valence-corrected chi connectivity index (χ1v) is 16.6.